The quantitative estimate of drug-likeness (QED) is 0.666. The standard InChI is InChI=1S/C21H13FN2S/c1-14-2-4-15(5-3-14)20-10-17(18(12-23)13-24)11-21(25-20)16-6-8-19(22)9-7-16/h2-11H,1H3. The van der Waals surface area contributed by atoms with Gasteiger partial charge in [-0.15, -0.1) is 0 Å². The fourth-order valence-electron chi connectivity index (χ4n) is 2.42. The van der Waals surface area contributed by atoms with Crippen molar-refractivity contribution in [3.05, 3.63) is 94.3 Å². The van der Waals surface area contributed by atoms with E-state index in [9.17, 15) is 14.9 Å². The van der Waals surface area contributed by atoms with Gasteiger partial charge in [0.1, 0.15) is 23.5 Å². The van der Waals surface area contributed by atoms with E-state index in [0.29, 0.717) is 5.57 Å². The molecule has 25 heavy (non-hydrogen) atoms. The molecule has 0 fully saturated rings. The fourth-order valence-corrected chi connectivity index (χ4v) is 3.53. The van der Waals surface area contributed by atoms with Crippen LogP contribution in [0.1, 0.15) is 16.7 Å². The van der Waals surface area contributed by atoms with Gasteiger partial charge in [-0.25, -0.2) is 4.39 Å². The molecule has 120 valence electrons. The Morgan fingerprint density at radius 1 is 0.840 bits per heavy atom. The van der Waals surface area contributed by atoms with Crippen molar-refractivity contribution in [1.29, 1.82) is 10.5 Å². The molecule has 0 amide bonds. The van der Waals surface area contributed by atoms with E-state index < -0.39 is 0 Å². The first-order valence-electron chi connectivity index (χ1n) is 7.59. The minimum absolute atomic E-state index is 0.0597. The van der Waals surface area contributed by atoms with Gasteiger partial charge in [0.05, 0.1) is 0 Å². The highest BCUT2D eigenvalue weighted by Gasteiger charge is 2.17. The van der Waals surface area contributed by atoms with Gasteiger partial charge in [0.25, 0.3) is 0 Å². The Kier molecular flexibility index (Phi) is 4.84. The van der Waals surface area contributed by atoms with E-state index in [4.69, 9.17) is 0 Å². The summed E-state index contributed by atoms with van der Waals surface area (Å²) in [6.07, 6.45) is 3.65. The second-order valence-corrected chi connectivity index (χ2v) is 6.63. The van der Waals surface area contributed by atoms with Gasteiger partial charge >= 0.3 is 0 Å². The molecular weight excluding hydrogens is 331 g/mol. The minimum Gasteiger partial charge on any atom is -0.207 e. The van der Waals surface area contributed by atoms with Crippen molar-refractivity contribution in [3.8, 4) is 12.1 Å². The Morgan fingerprint density at radius 3 is 1.80 bits per heavy atom. The second kappa shape index (κ2) is 7.21. The molecule has 1 aliphatic rings. The van der Waals surface area contributed by atoms with Crippen LogP contribution in [0.2, 0.25) is 0 Å². The minimum atomic E-state index is -0.301. The third-order valence-electron chi connectivity index (χ3n) is 3.77. The van der Waals surface area contributed by atoms with E-state index in [2.05, 4.69) is 0 Å². The van der Waals surface area contributed by atoms with Crippen molar-refractivity contribution in [2.45, 2.75) is 6.92 Å². The van der Waals surface area contributed by atoms with Crippen LogP contribution in [0, 0.1) is 35.4 Å². The zero-order valence-electron chi connectivity index (χ0n) is 13.5. The SMILES string of the molecule is Cc1ccc(C2=CC(=C(C#N)C#N)C=C(c3ccc(F)cc3)S2)cc1. The number of benzene rings is 2. The normalized spacial score (nSPS) is 13.4. The predicted octanol–water partition coefficient (Wildman–Crippen LogP) is 5.61. The first kappa shape index (κ1) is 16.8. The maximum Gasteiger partial charge on any atom is 0.136 e. The number of halogens is 1. The Labute approximate surface area is 150 Å². The molecule has 0 unspecified atom stereocenters. The molecule has 4 heteroatoms. The lowest BCUT2D eigenvalue weighted by atomic mass is 10.0. The van der Waals surface area contributed by atoms with Gasteiger partial charge in [-0.2, -0.15) is 10.5 Å². The molecule has 2 aromatic rings. The van der Waals surface area contributed by atoms with Crippen molar-refractivity contribution in [2.24, 2.45) is 0 Å². The lowest BCUT2D eigenvalue weighted by Crippen LogP contribution is -1.94. The molecule has 1 aliphatic heterocycles. The number of thioether (sulfide) groups is 1. The average molecular weight is 344 g/mol. The summed E-state index contributed by atoms with van der Waals surface area (Å²) in [6, 6.07) is 18.1. The van der Waals surface area contributed by atoms with Gasteiger partial charge in [-0.05, 0) is 42.3 Å². The number of hydrogen-bond acceptors (Lipinski definition) is 3. The van der Waals surface area contributed by atoms with Crippen molar-refractivity contribution in [2.75, 3.05) is 0 Å². The van der Waals surface area contributed by atoms with Crippen LogP contribution < -0.4 is 0 Å². The van der Waals surface area contributed by atoms with E-state index in [0.717, 1.165) is 26.5 Å². The number of hydrogen-bond donors (Lipinski definition) is 0. The Balaban J connectivity index is 2.11. The molecular formula is C21H13FN2S. The lowest BCUT2D eigenvalue weighted by molar-refractivity contribution is 0.628. The van der Waals surface area contributed by atoms with Gasteiger partial charge < -0.3 is 0 Å². The maximum absolute atomic E-state index is 13.2. The zero-order chi connectivity index (χ0) is 17.8. The van der Waals surface area contributed by atoms with E-state index in [-0.39, 0.29) is 11.4 Å². The Bertz CT molecular complexity index is 903. The summed E-state index contributed by atoms with van der Waals surface area (Å²) in [5.41, 5.74) is 3.64. The van der Waals surface area contributed by atoms with Crippen LogP contribution in [-0.2, 0) is 0 Å². The third kappa shape index (κ3) is 3.71. The Morgan fingerprint density at radius 2 is 1.32 bits per heavy atom. The summed E-state index contributed by atoms with van der Waals surface area (Å²) in [7, 11) is 0. The molecule has 0 aromatic heterocycles. The molecule has 2 nitrogen and oxygen atoms in total. The second-order valence-electron chi connectivity index (χ2n) is 5.55. The largest absolute Gasteiger partial charge is 0.207 e. The van der Waals surface area contributed by atoms with E-state index in [1.54, 1.807) is 18.2 Å². The maximum atomic E-state index is 13.2. The van der Waals surface area contributed by atoms with Crippen molar-refractivity contribution in [1.82, 2.24) is 0 Å². The molecule has 1 heterocycles. The molecule has 0 saturated carbocycles. The highest BCUT2D eigenvalue weighted by atomic mass is 32.2. The lowest BCUT2D eigenvalue weighted by Gasteiger charge is -2.17. The third-order valence-corrected chi connectivity index (χ3v) is 4.92. The van der Waals surface area contributed by atoms with Crippen LogP contribution in [-0.4, -0.2) is 0 Å². The monoisotopic (exact) mass is 344 g/mol. The molecule has 0 N–H and O–H groups in total. The van der Waals surface area contributed by atoms with Crippen molar-refractivity contribution in [3.63, 3.8) is 0 Å². The predicted molar refractivity (Wildman–Crippen MR) is 99.4 cm³/mol. The van der Waals surface area contributed by atoms with Gasteiger partial charge in [0, 0.05) is 15.4 Å². The van der Waals surface area contributed by atoms with Crippen LogP contribution in [0.15, 0.2) is 71.8 Å². The van der Waals surface area contributed by atoms with E-state index >= 15 is 0 Å². The summed E-state index contributed by atoms with van der Waals surface area (Å²) >= 11 is 1.54. The van der Waals surface area contributed by atoms with E-state index in [1.807, 2.05) is 49.4 Å². The van der Waals surface area contributed by atoms with Gasteiger partial charge in [-0.3, -0.25) is 0 Å². The van der Waals surface area contributed by atoms with Gasteiger partial charge in [0.15, 0.2) is 0 Å². The molecule has 0 radical (unpaired) electrons. The number of aryl methyl sites for hydroxylation is 1. The van der Waals surface area contributed by atoms with Crippen LogP contribution in [0.4, 0.5) is 4.39 Å². The summed E-state index contributed by atoms with van der Waals surface area (Å²) in [5, 5.41) is 18.4. The molecule has 0 spiro atoms. The highest BCUT2D eigenvalue weighted by molar-refractivity contribution is 8.16. The topological polar surface area (TPSA) is 47.6 Å². The number of allylic oxidation sites excluding steroid dienone is 4. The van der Waals surface area contributed by atoms with E-state index in [1.165, 1.54) is 23.9 Å². The first-order valence-corrected chi connectivity index (χ1v) is 8.41. The molecule has 0 saturated heterocycles. The molecule has 0 atom stereocenters. The summed E-state index contributed by atoms with van der Waals surface area (Å²) in [5.74, 6) is -0.301. The molecule has 0 bridgehead atoms. The Hall–Kier alpha value is -3.08. The number of nitriles is 2. The first-order chi connectivity index (χ1) is 12.1. The summed E-state index contributed by atoms with van der Waals surface area (Å²) < 4.78 is 13.2. The van der Waals surface area contributed by atoms with Crippen molar-refractivity contribution >= 4 is 21.6 Å². The zero-order valence-corrected chi connectivity index (χ0v) is 14.3. The summed E-state index contributed by atoms with van der Waals surface area (Å²) in [6.45, 7) is 2.02. The van der Waals surface area contributed by atoms with Gasteiger partial charge in [-0.1, -0.05) is 53.7 Å². The number of rotatable bonds is 2. The number of nitrogens with zero attached hydrogens (tertiary/aromatic N) is 2. The van der Waals surface area contributed by atoms with Crippen LogP contribution in [0.5, 0.6) is 0 Å². The molecule has 2 aromatic carbocycles. The molecule has 3 rings (SSSR count). The molecule has 0 aliphatic carbocycles. The smallest absolute Gasteiger partial charge is 0.136 e. The fraction of sp³-hybridized carbons (Fsp3) is 0.0476. The average Bonchev–Trinajstić information content (AvgIpc) is 2.64. The van der Waals surface area contributed by atoms with Crippen molar-refractivity contribution < 1.29 is 4.39 Å². The van der Waals surface area contributed by atoms with Crippen LogP contribution in [0.3, 0.4) is 0 Å². The highest BCUT2D eigenvalue weighted by Crippen LogP contribution is 2.44. The van der Waals surface area contributed by atoms with Gasteiger partial charge in [0.2, 0.25) is 0 Å². The van der Waals surface area contributed by atoms with Crippen LogP contribution >= 0.6 is 11.8 Å². The van der Waals surface area contributed by atoms with Crippen LogP contribution in [0.25, 0.3) is 9.81 Å². The summed E-state index contributed by atoms with van der Waals surface area (Å²) in [4.78, 5) is 1.82.